The van der Waals surface area contributed by atoms with Gasteiger partial charge in [-0.3, -0.25) is 0 Å². The zero-order valence-electron chi connectivity index (χ0n) is 8.07. The number of aromatic nitrogens is 2. The van der Waals surface area contributed by atoms with Crippen molar-refractivity contribution < 1.29 is 0 Å². The molecule has 0 aliphatic heterocycles. The molecule has 0 radical (unpaired) electrons. The maximum Gasteiger partial charge on any atom is 0.0951 e. The molecule has 76 valence electrons. The van der Waals surface area contributed by atoms with Gasteiger partial charge >= 0.3 is 0 Å². The highest BCUT2D eigenvalue weighted by Crippen LogP contribution is 2.23. The zero-order valence-corrected chi connectivity index (χ0v) is 8.83. The van der Waals surface area contributed by atoms with Crippen molar-refractivity contribution >= 4 is 28.2 Å². The number of hydrogen-bond acceptors (Lipinski definition) is 3. The Bertz CT molecular complexity index is 496. The number of nitrogens with one attached hydrogen (secondary N) is 1. The van der Waals surface area contributed by atoms with Gasteiger partial charge in [0.1, 0.15) is 0 Å². The second-order valence-electron chi connectivity index (χ2n) is 3.09. The molecular weight excluding hydrogens is 210 g/mol. The van der Waals surface area contributed by atoms with Crippen molar-refractivity contribution in [3.63, 3.8) is 0 Å². The SMILES string of the molecule is C=CCNc1cnnc2ccc(Cl)cc12. The third-order valence-electron chi connectivity index (χ3n) is 2.04. The first kappa shape index (κ1) is 9.93. The normalized spacial score (nSPS) is 10.2. The van der Waals surface area contributed by atoms with Gasteiger partial charge in [0.15, 0.2) is 0 Å². The van der Waals surface area contributed by atoms with Gasteiger partial charge in [-0.25, -0.2) is 0 Å². The van der Waals surface area contributed by atoms with Crippen LogP contribution in [0.3, 0.4) is 0 Å². The molecule has 0 saturated carbocycles. The summed E-state index contributed by atoms with van der Waals surface area (Å²) in [5, 5.41) is 12.8. The Morgan fingerprint density at radius 1 is 1.47 bits per heavy atom. The molecule has 0 bridgehead atoms. The van der Waals surface area contributed by atoms with Gasteiger partial charge in [0.25, 0.3) is 0 Å². The van der Waals surface area contributed by atoms with Crippen LogP contribution in [0, 0.1) is 0 Å². The summed E-state index contributed by atoms with van der Waals surface area (Å²) in [5.41, 5.74) is 1.75. The Morgan fingerprint density at radius 2 is 2.33 bits per heavy atom. The average molecular weight is 220 g/mol. The second-order valence-corrected chi connectivity index (χ2v) is 3.53. The van der Waals surface area contributed by atoms with Crippen molar-refractivity contribution in [3.05, 3.63) is 42.1 Å². The lowest BCUT2D eigenvalue weighted by Gasteiger charge is -2.06. The highest BCUT2D eigenvalue weighted by Gasteiger charge is 2.02. The minimum atomic E-state index is 0.688. The summed E-state index contributed by atoms with van der Waals surface area (Å²) in [6.45, 7) is 4.34. The van der Waals surface area contributed by atoms with E-state index in [9.17, 15) is 0 Å². The lowest BCUT2D eigenvalue weighted by atomic mass is 10.2. The first-order chi connectivity index (χ1) is 7.31. The maximum absolute atomic E-state index is 5.93. The molecule has 0 spiro atoms. The molecule has 0 saturated heterocycles. The van der Waals surface area contributed by atoms with E-state index in [4.69, 9.17) is 11.6 Å². The number of nitrogens with zero attached hydrogens (tertiary/aromatic N) is 2. The van der Waals surface area contributed by atoms with Crippen LogP contribution in [0.25, 0.3) is 10.9 Å². The van der Waals surface area contributed by atoms with Crippen molar-refractivity contribution in [2.24, 2.45) is 0 Å². The van der Waals surface area contributed by atoms with Crippen molar-refractivity contribution in [1.29, 1.82) is 0 Å². The predicted octanol–water partition coefficient (Wildman–Crippen LogP) is 2.88. The number of rotatable bonds is 3. The summed E-state index contributed by atoms with van der Waals surface area (Å²) < 4.78 is 0. The lowest BCUT2D eigenvalue weighted by Crippen LogP contribution is -2.00. The molecule has 0 atom stereocenters. The first-order valence-electron chi connectivity index (χ1n) is 4.57. The zero-order chi connectivity index (χ0) is 10.7. The maximum atomic E-state index is 5.93. The summed E-state index contributed by atoms with van der Waals surface area (Å²) in [4.78, 5) is 0. The Hall–Kier alpha value is -1.61. The smallest absolute Gasteiger partial charge is 0.0951 e. The molecule has 1 N–H and O–H groups in total. The van der Waals surface area contributed by atoms with E-state index in [2.05, 4.69) is 22.1 Å². The van der Waals surface area contributed by atoms with E-state index in [1.54, 1.807) is 18.3 Å². The Balaban J connectivity index is 2.52. The molecule has 0 unspecified atom stereocenters. The largest absolute Gasteiger partial charge is 0.380 e. The highest BCUT2D eigenvalue weighted by atomic mass is 35.5. The van der Waals surface area contributed by atoms with Crippen molar-refractivity contribution in [2.45, 2.75) is 0 Å². The van der Waals surface area contributed by atoms with Gasteiger partial charge in [0.05, 0.1) is 17.4 Å². The van der Waals surface area contributed by atoms with Crippen LogP contribution >= 0.6 is 11.6 Å². The molecule has 0 aliphatic carbocycles. The molecular formula is C11H10ClN3. The standard InChI is InChI=1S/C11H10ClN3/c1-2-5-13-11-7-14-15-10-4-3-8(12)6-9(10)11/h2-4,6-7H,1,5H2,(H,13,15). The molecule has 3 nitrogen and oxygen atoms in total. The first-order valence-corrected chi connectivity index (χ1v) is 4.95. The Kier molecular flexibility index (Phi) is 2.83. The summed E-state index contributed by atoms with van der Waals surface area (Å²) >= 11 is 5.93. The van der Waals surface area contributed by atoms with E-state index in [0.717, 1.165) is 16.6 Å². The minimum Gasteiger partial charge on any atom is -0.380 e. The Labute approximate surface area is 92.8 Å². The second kappa shape index (κ2) is 4.28. The van der Waals surface area contributed by atoms with Crippen LogP contribution in [-0.4, -0.2) is 16.7 Å². The van der Waals surface area contributed by atoms with Crippen LogP contribution < -0.4 is 5.32 Å². The van der Waals surface area contributed by atoms with Crippen LogP contribution in [0.15, 0.2) is 37.1 Å². The van der Waals surface area contributed by atoms with Gasteiger partial charge in [-0.1, -0.05) is 17.7 Å². The van der Waals surface area contributed by atoms with Crippen LogP contribution in [-0.2, 0) is 0 Å². The molecule has 15 heavy (non-hydrogen) atoms. The monoisotopic (exact) mass is 219 g/mol. The number of anilines is 1. The fraction of sp³-hybridized carbons (Fsp3) is 0.0909. The van der Waals surface area contributed by atoms with Gasteiger partial charge in [-0.05, 0) is 18.2 Å². The van der Waals surface area contributed by atoms with E-state index in [1.165, 1.54) is 0 Å². The topological polar surface area (TPSA) is 37.8 Å². The molecule has 0 fully saturated rings. The molecule has 2 rings (SSSR count). The van der Waals surface area contributed by atoms with Crippen molar-refractivity contribution in [1.82, 2.24) is 10.2 Å². The third kappa shape index (κ3) is 2.07. The van der Waals surface area contributed by atoms with E-state index >= 15 is 0 Å². The quantitative estimate of drug-likeness (QED) is 0.807. The molecule has 0 amide bonds. The van der Waals surface area contributed by atoms with Crippen LogP contribution in [0.1, 0.15) is 0 Å². The fourth-order valence-electron chi connectivity index (χ4n) is 1.35. The van der Waals surface area contributed by atoms with Crippen molar-refractivity contribution in [2.75, 3.05) is 11.9 Å². The molecule has 1 heterocycles. The van der Waals surface area contributed by atoms with E-state index in [1.807, 2.05) is 12.1 Å². The van der Waals surface area contributed by atoms with Gasteiger partial charge in [0.2, 0.25) is 0 Å². The fourth-order valence-corrected chi connectivity index (χ4v) is 1.52. The summed E-state index contributed by atoms with van der Waals surface area (Å²) in [5.74, 6) is 0. The van der Waals surface area contributed by atoms with Crippen molar-refractivity contribution in [3.8, 4) is 0 Å². The van der Waals surface area contributed by atoms with Crippen LogP contribution in [0.4, 0.5) is 5.69 Å². The van der Waals surface area contributed by atoms with E-state index in [-0.39, 0.29) is 0 Å². The summed E-state index contributed by atoms with van der Waals surface area (Å²) in [6, 6.07) is 5.52. The molecule has 4 heteroatoms. The van der Waals surface area contributed by atoms with Gasteiger partial charge in [0, 0.05) is 17.0 Å². The highest BCUT2D eigenvalue weighted by molar-refractivity contribution is 6.31. The minimum absolute atomic E-state index is 0.688. The molecule has 2 aromatic rings. The van der Waals surface area contributed by atoms with E-state index < -0.39 is 0 Å². The molecule has 1 aromatic carbocycles. The van der Waals surface area contributed by atoms with Crippen LogP contribution in [0.2, 0.25) is 5.02 Å². The molecule has 1 aromatic heterocycles. The van der Waals surface area contributed by atoms with Gasteiger partial charge in [-0.2, -0.15) is 10.2 Å². The average Bonchev–Trinajstić information content (AvgIpc) is 2.26. The number of hydrogen-bond donors (Lipinski definition) is 1. The number of benzene rings is 1. The van der Waals surface area contributed by atoms with Gasteiger partial charge < -0.3 is 5.32 Å². The third-order valence-corrected chi connectivity index (χ3v) is 2.27. The molecule has 0 aliphatic rings. The summed E-state index contributed by atoms with van der Waals surface area (Å²) in [7, 11) is 0. The van der Waals surface area contributed by atoms with E-state index in [0.29, 0.717) is 11.6 Å². The van der Waals surface area contributed by atoms with Crippen LogP contribution in [0.5, 0.6) is 0 Å². The van der Waals surface area contributed by atoms with Gasteiger partial charge in [-0.15, -0.1) is 6.58 Å². The summed E-state index contributed by atoms with van der Waals surface area (Å²) in [6.07, 6.45) is 3.47. The lowest BCUT2D eigenvalue weighted by molar-refractivity contribution is 1.07. The Morgan fingerprint density at radius 3 is 3.13 bits per heavy atom. The number of halogens is 1. The predicted molar refractivity (Wildman–Crippen MR) is 63.2 cm³/mol. The number of fused-ring (bicyclic) bond motifs is 1.